The number of anilines is 1. The number of amides is 2. The predicted molar refractivity (Wildman–Crippen MR) is 85.8 cm³/mol. The minimum absolute atomic E-state index is 0.0520. The van der Waals surface area contributed by atoms with Gasteiger partial charge in [0.2, 0.25) is 11.8 Å². The molecule has 4 nitrogen and oxygen atoms in total. The second-order valence-corrected chi connectivity index (χ2v) is 6.22. The zero-order valence-corrected chi connectivity index (χ0v) is 13.6. The van der Waals surface area contributed by atoms with Gasteiger partial charge in [-0.05, 0) is 42.3 Å². The molecule has 0 bridgehead atoms. The fourth-order valence-electron chi connectivity index (χ4n) is 3.24. The molecule has 0 radical (unpaired) electrons. The first-order valence-corrected chi connectivity index (χ1v) is 7.63. The van der Waals surface area contributed by atoms with Gasteiger partial charge in [-0.1, -0.05) is 18.2 Å². The van der Waals surface area contributed by atoms with Crippen molar-refractivity contribution in [3.8, 4) is 0 Å². The Bertz CT molecular complexity index is 910. The molecule has 2 amide bonds. The van der Waals surface area contributed by atoms with Gasteiger partial charge in [-0.15, -0.1) is 0 Å². The molecule has 1 heterocycles. The molecule has 136 valence electrons. The lowest BCUT2D eigenvalue weighted by Gasteiger charge is -2.25. The lowest BCUT2D eigenvalue weighted by Crippen LogP contribution is -2.43. The number of hydrogen-bond acceptors (Lipinski definition) is 2. The molecule has 1 atom stereocenters. The zero-order chi connectivity index (χ0) is 19.3. The number of carbonyl (C=O) groups is 2. The zero-order valence-electron chi connectivity index (χ0n) is 13.6. The third-order valence-corrected chi connectivity index (χ3v) is 4.54. The maximum atomic E-state index is 13.8. The summed E-state index contributed by atoms with van der Waals surface area (Å²) in [6, 6.07) is 7.82. The molecule has 8 heteroatoms. The van der Waals surface area contributed by atoms with E-state index in [4.69, 9.17) is 5.73 Å². The van der Waals surface area contributed by atoms with Crippen molar-refractivity contribution in [2.24, 2.45) is 5.73 Å². The number of halogens is 4. The molecule has 1 aliphatic rings. The number of alkyl halides is 3. The van der Waals surface area contributed by atoms with Gasteiger partial charge in [0.05, 0.1) is 11.0 Å². The van der Waals surface area contributed by atoms with Crippen LogP contribution < -0.4 is 10.6 Å². The molecule has 1 aliphatic heterocycles. The lowest BCUT2D eigenvalue weighted by molar-refractivity contribution is -0.137. The Balaban J connectivity index is 2.22. The standard InChI is InChI=1S/C18H14F4N2O2/c1-17(10-3-2-4-11(7-10)18(20,21)22)13-8-12(19)5-6-14(13)24(16(17)26)9-15(23)25/h2-8H,9H2,1H3,(H2,23,25)/t17-/m1/s1. The van der Waals surface area contributed by atoms with Crippen LogP contribution in [0.2, 0.25) is 0 Å². The van der Waals surface area contributed by atoms with Gasteiger partial charge in [0, 0.05) is 5.69 Å². The largest absolute Gasteiger partial charge is 0.416 e. The topological polar surface area (TPSA) is 63.4 Å². The highest BCUT2D eigenvalue weighted by Gasteiger charge is 2.49. The van der Waals surface area contributed by atoms with Crippen molar-refractivity contribution < 1.29 is 27.2 Å². The van der Waals surface area contributed by atoms with E-state index in [-0.39, 0.29) is 16.8 Å². The highest BCUT2D eigenvalue weighted by Crippen LogP contribution is 2.47. The van der Waals surface area contributed by atoms with E-state index in [9.17, 15) is 27.2 Å². The van der Waals surface area contributed by atoms with E-state index >= 15 is 0 Å². The van der Waals surface area contributed by atoms with Crippen molar-refractivity contribution >= 4 is 17.5 Å². The molecule has 2 N–H and O–H groups in total. The molecule has 0 saturated carbocycles. The Morgan fingerprint density at radius 1 is 1.19 bits per heavy atom. The first-order valence-electron chi connectivity index (χ1n) is 7.63. The number of carbonyl (C=O) groups excluding carboxylic acids is 2. The van der Waals surface area contributed by atoms with Gasteiger partial charge in [-0.25, -0.2) is 4.39 Å². The van der Waals surface area contributed by atoms with E-state index < -0.39 is 41.3 Å². The molecule has 0 aromatic heterocycles. The fourth-order valence-corrected chi connectivity index (χ4v) is 3.24. The van der Waals surface area contributed by atoms with Gasteiger partial charge in [0.25, 0.3) is 0 Å². The molecule has 0 saturated heterocycles. The highest BCUT2D eigenvalue weighted by molar-refractivity contribution is 6.12. The lowest BCUT2D eigenvalue weighted by atomic mass is 9.76. The second-order valence-electron chi connectivity index (χ2n) is 6.22. The van der Waals surface area contributed by atoms with Gasteiger partial charge < -0.3 is 10.6 Å². The Morgan fingerprint density at radius 2 is 1.88 bits per heavy atom. The number of fused-ring (bicyclic) bond motifs is 1. The van der Waals surface area contributed by atoms with Crippen LogP contribution in [0.25, 0.3) is 0 Å². The van der Waals surface area contributed by atoms with E-state index in [0.29, 0.717) is 0 Å². The Hall–Kier alpha value is -2.90. The molecule has 0 fully saturated rings. The van der Waals surface area contributed by atoms with Crippen molar-refractivity contribution in [2.75, 3.05) is 11.4 Å². The minimum atomic E-state index is -4.59. The van der Waals surface area contributed by atoms with Gasteiger partial charge in [0.1, 0.15) is 12.4 Å². The van der Waals surface area contributed by atoms with Crippen LogP contribution in [-0.2, 0) is 21.2 Å². The van der Waals surface area contributed by atoms with E-state index in [0.717, 1.165) is 29.2 Å². The van der Waals surface area contributed by atoms with Crippen LogP contribution in [0.4, 0.5) is 23.2 Å². The highest BCUT2D eigenvalue weighted by atomic mass is 19.4. The van der Waals surface area contributed by atoms with Gasteiger partial charge in [0.15, 0.2) is 0 Å². The van der Waals surface area contributed by atoms with Gasteiger partial charge >= 0.3 is 6.18 Å². The Morgan fingerprint density at radius 3 is 2.50 bits per heavy atom. The number of nitrogens with zero attached hydrogens (tertiary/aromatic N) is 1. The smallest absolute Gasteiger partial charge is 0.368 e. The number of nitrogens with two attached hydrogens (primary N) is 1. The average molecular weight is 366 g/mol. The van der Waals surface area contributed by atoms with Crippen LogP contribution in [0.15, 0.2) is 42.5 Å². The van der Waals surface area contributed by atoms with Crippen molar-refractivity contribution in [1.82, 2.24) is 0 Å². The molecule has 0 spiro atoms. The maximum absolute atomic E-state index is 13.8. The third-order valence-electron chi connectivity index (χ3n) is 4.54. The molecular formula is C18H14F4N2O2. The third kappa shape index (κ3) is 2.71. The maximum Gasteiger partial charge on any atom is 0.416 e. The first kappa shape index (κ1) is 17.9. The van der Waals surface area contributed by atoms with Crippen molar-refractivity contribution in [3.63, 3.8) is 0 Å². The summed E-state index contributed by atoms with van der Waals surface area (Å²) in [6.07, 6.45) is -4.59. The average Bonchev–Trinajstić information content (AvgIpc) is 2.76. The Labute approximate surface area is 146 Å². The van der Waals surface area contributed by atoms with Crippen LogP contribution in [0, 0.1) is 5.82 Å². The summed E-state index contributed by atoms with van der Waals surface area (Å²) < 4.78 is 53.0. The summed E-state index contributed by atoms with van der Waals surface area (Å²) in [4.78, 5) is 25.4. The normalized spacial score (nSPS) is 19.6. The first-order chi connectivity index (χ1) is 12.0. The van der Waals surface area contributed by atoms with Crippen molar-refractivity contribution in [2.45, 2.75) is 18.5 Å². The molecular weight excluding hydrogens is 352 g/mol. The van der Waals surface area contributed by atoms with Crippen LogP contribution in [-0.4, -0.2) is 18.4 Å². The van der Waals surface area contributed by atoms with E-state index in [1.807, 2.05) is 0 Å². The van der Waals surface area contributed by atoms with Crippen LogP contribution in [0.1, 0.15) is 23.6 Å². The summed E-state index contributed by atoms with van der Waals surface area (Å²) >= 11 is 0. The molecule has 2 aromatic rings. The SMILES string of the molecule is C[C@]1(c2cccc(C(F)(F)F)c2)C(=O)N(CC(N)=O)c2ccc(F)cc21. The predicted octanol–water partition coefficient (Wildman–Crippen LogP) is 2.98. The van der Waals surface area contributed by atoms with Crippen molar-refractivity contribution in [3.05, 3.63) is 65.0 Å². The molecule has 3 rings (SSSR count). The number of primary amides is 1. The number of benzene rings is 2. The van der Waals surface area contributed by atoms with Gasteiger partial charge in [-0.3, -0.25) is 9.59 Å². The Kier molecular flexibility index (Phi) is 4.01. The van der Waals surface area contributed by atoms with Crippen LogP contribution in [0.3, 0.4) is 0 Å². The summed E-state index contributed by atoms with van der Waals surface area (Å²) in [7, 11) is 0. The molecule has 0 aliphatic carbocycles. The monoisotopic (exact) mass is 366 g/mol. The van der Waals surface area contributed by atoms with E-state index in [2.05, 4.69) is 0 Å². The second kappa shape index (κ2) is 5.82. The summed E-state index contributed by atoms with van der Waals surface area (Å²) in [5.41, 5.74) is 3.16. The minimum Gasteiger partial charge on any atom is -0.368 e. The van der Waals surface area contributed by atoms with Crippen LogP contribution >= 0.6 is 0 Å². The van der Waals surface area contributed by atoms with E-state index in [1.54, 1.807) is 0 Å². The summed E-state index contributed by atoms with van der Waals surface area (Å²) in [5.74, 6) is -2.08. The summed E-state index contributed by atoms with van der Waals surface area (Å²) in [5, 5.41) is 0. The van der Waals surface area contributed by atoms with E-state index in [1.165, 1.54) is 25.1 Å². The number of hydrogen-bond donors (Lipinski definition) is 1. The quantitative estimate of drug-likeness (QED) is 0.849. The molecule has 2 aromatic carbocycles. The van der Waals surface area contributed by atoms with Crippen LogP contribution in [0.5, 0.6) is 0 Å². The van der Waals surface area contributed by atoms with Crippen molar-refractivity contribution in [1.29, 1.82) is 0 Å². The molecule has 0 unspecified atom stereocenters. The molecule has 26 heavy (non-hydrogen) atoms. The summed E-state index contributed by atoms with van der Waals surface area (Å²) in [6.45, 7) is 0.954. The fraction of sp³-hybridized carbons (Fsp3) is 0.222. The number of rotatable bonds is 3. The van der Waals surface area contributed by atoms with Gasteiger partial charge in [-0.2, -0.15) is 13.2 Å².